The lowest BCUT2D eigenvalue weighted by molar-refractivity contribution is -0.302. The van der Waals surface area contributed by atoms with E-state index >= 15 is 0 Å². The fraction of sp³-hybridized carbons (Fsp3) is 0.827. The third kappa shape index (κ3) is 14.6. The molecular weight excluding hydrogens is 995 g/mol. The fourth-order valence-corrected chi connectivity index (χ4v) is 12.5. The normalized spacial score (nSPS) is 39.5. The molecule has 2 unspecified atom stereocenters. The highest BCUT2D eigenvalue weighted by molar-refractivity contribution is 8.00. The summed E-state index contributed by atoms with van der Waals surface area (Å²) in [6.07, 6.45) is -7.14. The van der Waals surface area contributed by atoms with Crippen molar-refractivity contribution in [3.05, 3.63) is 41.7 Å². The number of aliphatic hydroxyl groups excluding tert-OH is 3. The van der Waals surface area contributed by atoms with Crippen LogP contribution in [0.15, 0.2) is 35.4 Å². The second kappa shape index (κ2) is 25.5. The summed E-state index contributed by atoms with van der Waals surface area (Å²) in [4.78, 5) is 18.5. The quantitative estimate of drug-likeness (QED) is 0.0800. The molecule has 22 heteroatoms. The van der Waals surface area contributed by atoms with E-state index in [4.69, 9.17) is 28.4 Å². The van der Waals surface area contributed by atoms with Gasteiger partial charge in [-0.3, -0.25) is 4.79 Å². The smallest absolute Gasteiger partial charge is 0.446 e. The van der Waals surface area contributed by atoms with Crippen LogP contribution in [0.3, 0.4) is 0 Å². The van der Waals surface area contributed by atoms with Crippen LogP contribution in [-0.4, -0.2) is 194 Å². The molecular formula is C52H85F4N5O12S. The van der Waals surface area contributed by atoms with E-state index in [-0.39, 0.29) is 41.8 Å². The Labute approximate surface area is 438 Å². The molecule has 0 spiro atoms. The maximum absolute atomic E-state index is 14.7. The van der Waals surface area contributed by atoms with E-state index in [2.05, 4.69) is 10.3 Å². The molecule has 17 nitrogen and oxygen atoms in total. The summed E-state index contributed by atoms with van der Waals surface area (Å²) in [7, 11) is 6.54. The standard InChI is InChI=1S/C52H85F4N5O12S/c1-15-40-51(10,67)44(63)32(6)60(12)26-28(2)23-49(8,66)46(30(4)41(31(5)47(65)72-40)39-24-50(9,69-14)45(64)33(7)71-39)73-48-42(62)37(22-29(3)70-48)59(11)21-20-35-27-61(58-57-35)38(25-53)43(68-13)34-16-18-36(19-17-34)74-52(54,55)56/h16-19,27-33,37-46,48,62-64,66-67H,15,20-26H2,1-14H3/t28-,29-,30+,31-,32-,33+,37+,38-,39?,40-,41?,42-,43-,44-,45+,46-,48+,49-,50-,51-/m1/s1. The molecule has 5 rings (SSSR count). The zero-order valence-electron chi connectivity index (χ0n) is 45.6. The van der Waals surface area contributed by atoms with Crippen LogP contribution in [0, 0.1) is 23.7 Å². The highest BCUT2D eigenvalue weighted by Gasteiger charge is 2.55. The van der Waals surface area contributed by atoms with Crippen LogP contribution in [0.4, 0.5) is 17.6 Å². The Balaban J connectivity index is 1.44. The Morgan fingerprint density at radius 2 is 1.64 bits per heavy atom. The first-order valence-electron chi connectivity index (χ1n) is 25.9. The second-order valence-corrected chi connectivity index (χ2v) is 23.3. The molecule has 3 saturated heterocycles. The summed E-state index contributed by atoms with van der Waals surface area (Å²) in [5, 5.41) is 68.6. The average Bonchev–Trinajstić information content (AvgIpc) is 3.80. The fourth-order valence-electron chi connectivity index (χ4n) is 11.9. The number of carbonyl (C=O) groups excluding carboxylic acids is 1. The number of likely N-dealkylation sites (N-methyl/N-ethyl adjacent to an activating group) is 2. The van der Waals surface area contributed by atoms with Crippen molar-refractivity contribution in [3.63, 3.8) is 0 Å². The van der Waals surface area contributed by atoms with Gasteiger partial charge in [-0.1, -0.05) is 45.0 Å². The predicted molar refractivity (Wildman–Crippen MR) is 269 cm³/mol. The van der Waals surface area contributed by atoms with Crippen molar-refractivity contribution in [2.24, 2.45) is 23.7 Å². The Morgan fingerprint density at radius 1 is 0.986 bits per heavy atom. The summed E-state index contributed by atoms with van der Waals surface area (Å²) in [5.41, 5.74) is -8.09. The summed E-state index contributed by atoms with van der Waals surface area (Å²) in [6, 6.07) is 3.43. The van der Waals surface area contributed by atoms with Gasteiger partial charge >= 0.3 is 11.5 Å². The molecule has 0 radical (unpaired) electrons. The number of nitrogens with zero attached hydrogens (tertiary/aromatic N) is 5. The predicted octanol–water partition coefficient (Wildman–Crippen LogP) is 5.89. The van der Waals surface area contributed by atoms with Crippen molar-refractivity contribution >= 4 is 17.7 Å². The van der Waals surface area contributed by atoms with Gasteiger partial charge in [-0.25, -0.2) is 9.07 Å². The molecule has 0 amide bonds. The van der Waals surface area contributed by atoms with E-state index in [9.17, 15) is 47.9 Å². The van der Waals surface area contributed by atoms with Gasteiger partial charge in [0.1, 0.15) is 48.8 Å². The number of benzene rings is 1. The number of cyclic esters (lactones) is 1. The highest BCUT2D eigenvalue weighted by atomic mass is 32.2. The van der Waals surface area contributed by atoms with E-state index in [0.717, 1.165) is 0 Å². The van der Waals surface area contributed by atoms with Crippen LogP contribution in [0.5, 0.6) is 0 Å². The zero-order chi connectivity index (χ0) is 55.4. The van der Waals surface area contributed by atoms with Gasteiger partial charge in [-0.05, 0) is 116 Å². The minimum atomic E-state index is -4.46. The van der Waals surface area contributed by atoms with Crippen molar-refractivity contribution in [1.82, 2.24) is 24.8 Å². The van der Waals surface area contributed by atoms with Gasteiger partial charge in [-0.2, -0.15) is 13.2 Å². The number of thioether (sulfide) groups is 1. The van der Waals surface area contributed by atoms with Crippen LogP contribution in [0.2, 0.25) is 0 Å². The van der Waals surface area contributed by atoms with E-state index in [1.54, 1.807) is 47.7 Å². The van der Waals surface area contributed by atoms with Gasteiger partial charge in [0.2, 0.25) is 0 Å². The molecule has 1 aromatic heterocycles. The zero-order valence-corrected chi connectivity index (χ0v) is 46.4. The number of halogens is 4. The number of ether oxygens (including phenoxy) is 6. The number of alkyl halides is 4. The highest BCUT2D eigenvalue weighted by Crippen LogP contribution is 2.45. The van der Waals surface area contributed by atoms with Crippen molar-refractivity contribution in [2.75, 3.05) is 48.1 Å². The van der Waals surface area contributed by atoms with Crippen LogP contribution < -0.4 is 0 Å². The van der Waals surface area contributed by atoms with E-state index in [1.165, 1.54) is 50.1 Å². The van der Waals surface area contributed by atoms with Gasteiger partial charge in [0.25, 0.3) is 0 Å². The molecule has 3 aliphatic rings. The maximum atomic E-state index is 14.7. The van der Waals surface area contributed by atoms with Crippen LogP contribution in [0.25, 0.3) is 0 Å². The molecule has 0 bridgehead atoms. The van der Waals surface area contributed by atoms with Crippen molar-refractivity contribution in [3.8, 4) is 0 Å². The molecule has 5 N–H and O–H groups in total. The number of methoxy groups -OCH3 is 2. The number of aromatic nitrogens is 3. The van der Waals surface area contributed by atoms with E-state index in [0.29, 0.717) is 37.2 Å². The van der Waals surface area contributed by atoms with E-state index < -0.39 is 132 Å². The number of hydrogen-bond acceptors (Lipinski definition) is 17. The summed E-state index contributed by atoms with van der Waals surface area (Å²) >= 11 is -0.247. The van der Waals surface area contributed by atoms with Crippen molar-refractivity contribution in [2.45, 2.75) is 208 Å². The third-order valence-electron chi connectivity index (χ3n) is 16.3. The largest absolute Gasteiger partial charge is 0.459 e. The maximum Gasteiger partial charge on any atom is 0.446 e. The molecule has 2 aromatic rings. The molecule has 20 atom stereocenters. The van der Waals surface area contributed by atoms with Crippen molar-refractivity contribution < 1.29 is 76.3 Å². The first-order valence-corrected chi connectivity index (χ1v) is 26.7. The van der Waals surface area contributed by atoms with Crippen LogP contribution in [-0.2, 0) is 39.6 Å². The molecule has 3 aliphatic heterocycles. The molecule has 4 heterocycles. The summed E-state index contributed by atoms with van der Waals surface area (Å²) in [6.45, 7) is 17.4. The SMILES string of the molecule is CC[C@H]1OC(=O)[C@H](C)C(C2C[C@@](C)(OC)[C@@H](O)[C@H](C)O2)[C@H](C)[C@@H](O[C@@H]2O[C@H](C)C[C@H](N(C)CCc3cn([C@H](CF)[C@H](OC)c4ccc(SC(F)(F)F)cc4)nn3)[C@H]2O)[C@](C)(O)C[C@@H](C)CN(C)[C@H](C)[C@@H](O)[C@]1(C)O. The molecule has 424 valence electrons. The van der Waals surface area contributed by atoms with Crippen LogP contribution in [0.1, 0.15) is 118 Å². The van der Waals surface area contributed by atoms with Gasteiger partial charge in [0, 0.05) is 69.2 Å². The Kier molecular flexibility index (Phi) is 21.4. The Hall–Kier alpha value is -2.58. The Morgan fingerprint density at radius 3 is 2.22 bits per heavy atom. The summed E-state index contributed by atoms with van der Waals surface area (Å²) < 4.78 is 92.7. The van der Waals surface area contributed by atoms with Gasteiger partial charge in [-0.15, -0.1) is 5.10 Å². The minimum Gasteiger partial charge on any atom is -0.459 e. The second-order valence-electron chi connectivity index (χ2n) is 22.2. The van der Waals surface area contributed by atoms with Gasteiger partial charge in [0.15, 0.2) is 6.29 Å². The first-order chi connectivity index (χ1) is 34.4. The lowest BCUT2D eigenvalue weighted by atomic mass is 9.68. The number of rotatable bonds is 15. The lowest BCUT2D eigenvalue weighted by Crippen LogP contribution is -2.62. The first kappa shape index (κ1) is 62.3. The lowest BCUT2D eigenvalue weighted by Gasteiger charge is -2.51. The number of hydrogen-bond donors (Lipinski definition) is 5. The monoisotopic (exact) mass is 1080 g/mol. The Bertz CT molecular complexity index is 2080. The number of carbonyl (C=O) groups is 1. The van der Waals surface area contributed by atoms with E-state index in [1.807, 2.05) is 44.7 Å². The topological polar surface area (TPSA) is 211 Å². The number of esters is 1. The molecule has 3 fully saturated rings. The van der Waals surface area contributed by atoms with Crippen molar-refractivity contribution in [1.29, 1.82) is 0 Å². The minimum absolute atomic E-state index is 0.0164. The molecule has 74 heavy (non-hydrogen) atoms. The van der Waals surface area contributed by atoms with Gasteiger partial charge in [0.05, 0.1) is 47.2 Å². The van der Waals surface area contributed by atoms with Crippen LogP contribution >= 0.6 is 11.8 Å². The summed E-state index contributed by atoms with van der Waals surface area (Å²) in [5.74, 6) is -3.41. The van der Waals surface area contributed by atoms with Gasteiger partial charge < -0.3 is 63.8 Å². The third-order valence-corrected chi connectivity index (χ3v) is 17.0. The molecule has 0 aliphatic carbocycles. The number of aliphatic hydroxyl groups is 5. The average molecular weight is 1080 g/mol. The molecule has 1 aromatic carbocycles. The molecule has 0 saturated carbocycles.